The lowest BCUT2D eigenvalue weighted by Crippen LogP contribution is -2.56. The summed E-state index contributed by atoms with van der Waals surface area (Å²) in [4.78, 5) is 12.0. The molecule has 1 aliphatic rings. The number of anilines is 1. The first-order valence-electron chi connectivity index (χ1n) is 5.94. The molecule has 2 rings (SSSR count). The number of rotatable bonds is 3. The van der Waals surface area contributed by atoms with Crippen LogP contribution in [0.4, 0.5) is 5.69 Å². The van der Waals surface area contributed by atoms with Crippen LogP contribution in [-0.4, -0.2) is 11.4 Å². The van der Waals surface area contributed by atoms with Crippen molar-refractivity contribution in [3.63, 3.8) is 0 Å². The van der Waals surface area contributed by atoms with Gasteiger partial charge < -0.3 is 11.1 Å². The summed E-state index contributed by atoms with van der Waals surface area (Å²) < 4.78 is 1.03. The first-order valence-corrected chi connectivity index (χ1v) is 6.73. The number of benzene rings is 1. The monoisotopic (exact) mass is 296 g/mol. The zero-order valence-electron chi connectivity index (χ0n) is 9.92. The van der Waals surface area contributed by atoms with E-state index >= 15 is 0 Å². The van der Waals surface area contributed by atoms with Gasteiger partial charge in [-0.25, -0.2) is 0 Å². The van der Waals surface area contributed by atoms with Crippen molar-refractivity contribution >= 4 is 27.5 Å². The summed E-state index contributed by atoms with van der Waals surface area (Å²) in [6.45, 7) is 2.07. The number of carbonyl (C=O) groups is 1. The Morgan fingerprint density at radius 1 is 1.53 bits per heavy atom. The average Bonchev–Trinajstić information content (AvgIpc) is 2.28. The summed E-state index contributed by atoms with van der Waals surface area (Å²) in [6.07, 6.45) is 3.51. The summed E-state index contributed by atoms with van der Waals surface area (Å²) >= 11 is 3.43. The minimum Gasteiger partial charge on any atom is -0.324 e. The minimum atomic E-state index is -0.641. The summed E-state index contributed by atoms with van der Waals surface area (Å²) in [7, 11) is 0. The molecule has 1 saturated carbocycles. The number of halogens is 1. The second-order valence-corrected chi connectivity index (χ2v) is 5.53. The van der Waals surface area contributed by atoms with Crippen LogP contribution in [0, 0.1) is 0 Å². The van der Waals surface area contributed by atoms with Gasteiger partial charge in [0.05, 0.1) is 5.54 Å². The van der Waals surface area contributed by atoms with Gasteiger partial charge in [0.1, 0.15) is 0 Å². The van der Waals surface area contributed by atoms with Gasteiger partial charge in [0.25, 0.3) is 0 Å². The smallest absolute Gasteiger partial charge is 0.244 e. The average molecular weight is 297 g/mol. The van der Waals surface area contributed by atoms with E-state index in [2.05, 4.69) is 28.2 Å². The van der Waals surface area contributed by atoms with Gasteiger partial charge in [-0.05, 0) is 49.4 Å². The predicted octanol–water partition coefficient (Wildman–Crippen LogP) is 2.83. The van der Waals surface area contributed by atoms with Crippen LogP contribution >= 0.6 is 15.9 Å². The molecule has 1 aromatic rings. The van der Waals surface area contributed by atoms with Crippen LogP contribution in [-0.2, 0) is 11.2 Å². The number of nitrogens with two attached hydrogens (primary N) is 1. The Kier molecular flexibility index (Phi) is 3.54. The van der Waals surface area contributed by atoms with Crippen LogP contribution in [0.3, 0.4) is 0 Å². The first kappa shape index (κ1) is 12.6. The maximum Gasteiger partial charge on any atom is 0.244 e. The maximum atomic E-state index is 12.0. The summed E-state index contributed by atoms with van der Waals surface area (Å²) in [6, 6.07) is 5.88. The first-order chi connectivity index (χ1) is 8.05. The summed E-state index contributed by atoms with van der Waals surface area (Å²) in [5.41, 5.74) is 7.35. The van der Waals surface area contributed by atoms with Gasteiger partial charge in [-0.15, -0.1) is 0 Å². The van der Waals surface area contributed by atoms with Crippen molar-refractivity contribution in [2.45, 2.75) is 38.1 Å². The highest BCUT2D eigenvalue weighted by Gasteiger charge is 2.40. The van der Waals surface area contributed by atoms with Crippen LogP contribution in [0.2, 0.25) is 0 Å². The molecule has 1 aliphatic carbocycles. The van der Waals surface area contributed by atoms with E-state index in [1.54, 1.807) is 0 Å². The van der Waals surface area contributed by atoms with Crippen LogP contribution in [0.1, 0.15) is 31.7 Å². The molecule has 0 spiro atoms. The van der Waals surface area contributed by atoms with Crippen molar-refractivity contribution in [3.8, 4) is 0 Å². The van der Waals surface area contributed by atoms with Crippen molar-refractivity contribution in [2.75, 3.05) is 5.32 Å². The Hall–Kier alpha value is -0.870. The molecule has 0 bridgehead atoms. The van der Waals surface area contributed by atoms with E-state index in [0.29, 0.717) is 0 Å². The molecule has 1 amide bonds. The van der Waals surface area contributed by atoms with E-state index in [1.165, 1.54) is 0 Å². The molecule has 0 heterocycles. The van der Waals surface area contributed by atoms with Crippen molar-refractivity contribution in [1.29, 1.82) is 0 Å². The Morgan fingerprint density at radius 2 is 2.24 bits per heavy atom. The lowest BCUT2D eigenvalue weighted by molar-refractivity contribution is -0.123. The summed E-state index contributed by atoms with van der Waals surface area (Å²) in [5.74, 6) is -0.0548. The largest absolute Gasteiger partial charge is 0.324 e. The van der Waals surface area contributed by atoms with Crippen LogP contribution < -0.4 is 11.1 Å². The molecule has 17 heavy (non-hydrogen) atoms. The van der Waals surface area contributed by atoms with Gasteiger partial charge in [-0.1, -0.05) is 22.9 Å². The fraction of sp³-hybridized carbons (Fsp3) is 0.462. The number of hydrogen-bond acceptors (Lipinski definition) is 2. The molecule has 0 unspecified atom stereocenters. The SMILES string of the molecule is CCc1cc(Br)ccc1NC(=O)C1(N)CCC1. The Balaban J connectivity index is 2.15. The van der Waals surface area contributed by atoms with E-state index in [-0.39, 0.29) is 5.91 Å². The van der Waals surface area contributed by atoms with Gasteiger partial charge in [-0.2, -0.15) is 0 Å². The Morgan fingerprint density at radius 3 is 2.76 bits per heavy atom. The number of hydrogen-bond donors (Lipinski definition) is 2. The predicted molar refractivity (Wildman–Crippen MR) is 72.9 cm³/mol. The minimum absolute atomic E-state index is 0.0548. The normalized spacial score (nSPS) is 17.4. The third-order valence-corrected chi connectivity index (χ3v) is 3.89. The summed E-state index contributed by atoms with van der Waals surface area (Å²) in [5, 5.41) is 2.95. The molecule has 3 nitrogen and oxygen atoms in total. The molecule has 1 aromatic carbocycles. The molecule has 4 heteroatoms. The highest BCUT2D eigenvalue weighted by molar-refractivity contribution is 9.10. The van der Waals surface area contributed by atoms with Gasteiger partial charge in [0.2, 0.25) is 5.91 Å². The lowest BCUT2D eigenvalue weighted by Gasteiger charge is -2.36. The zero-order valence-corrected chi connectivity index (χ0v) is 11.5. The van der Waals surface area contributed by atoms with Gasteiger partial charge in [-0.3, -0.25) is 4.79 Å². The van der Waals surface area contributed by atoms with Gasteiger partial charge >= 0.3 is 0 Å². The highest BCUT2D eigenvalue weighted by Crippen LogP contribution is 2.31. The zero-order chi connectivity index (χ0) is 12.5. The number of amides is 1. The van der Waals surface area contributed by atoms with Gasteiger partial charge in [0.15, 0.2) is 0 Å². The number of nitrogens with one attached hydrogen (secondary N) is 1. The molecule has 1 fully saturated rings. The Labute approximate surface area is 110 Å². The van der Waals surface area contributed by atoms with Crippen molar-refractivity contribution < 1.29 is 4.79 Å². The molecular weight excluding hydrogens is 280 g/mol. The molecule has 0 saturated heterocycles. The molecule has 0 aliphatic heterocycles. The molecule has 0 aromatic heterocycles. The second-order valence-electron chi connectivity index (χ2n) is 4.62. The number of carbonyl (C=O) groups excluding carboxylic acids is 1. The fourth-order valence-corrected chi connectivity index (χ4v) is 2.42. The van der Waals surface area contributed by atoms with E-state index in [1.807, 2.05) is 18.2 Å². The molecule has 0 radical (unpaired) electrons. The molecule has 92 valence electrons. The topological polar surface area (TPSA) is 55.1 Å². The van der Waals surface area contributed by atoms with E-state index in [4.69, 9.17) is 5.73 Å². The third kappa shape index (κ3) is 2.53. The maximum absolute atomic E-state index is 12.0. The highest BCUT2D eigenvalue weighted by atomic mass is 79.9. The quantitative estimate of drug-likeness (QED) is 0.901. The van der Waals surface area contributed by atoms with Crippen LogP contribution in [0.25, 0.3) is 0 Å². The van der Waals surface area contributed by atoms with Gasteiger partial charge in [0, 0.05) is 10.2 Å². The molecule has 0 atom stereocenters. The second kappa shape index (κ2) is 4.78. The fourth-order valence-electron chi connectivity index (χ4n) is 2.01. The van der Waals surface area contributed by atoms with Crippen molar-refractivity contribution in [3.05, 3.63) is 28.2 Å². The standard InChI is InChI=1S/C13H17BrN2O/c1-2-9-8-10(14)4-5-11(9)16-12(17)13(15)6-3-7-13/h4-5,8H,2-3,6-7,15H2,1H3,(H,16,17). The van der Waals surface area contributed by atoms with Crippen LogP contribution in [0.15, 0.2) is 22.7 Å². The van der Waals surface area contributed by atoms with E-state index in [0.717, 1.165) is 41.4 Å². The number of aryl methyl sites for hydroxylation is 1. The Bertz CT molecular complexity index is 441. The van der Waals surface area contributed by atoms with Crippen molar-refractivity contribution in [2.24, 2.45) is 5.73 Å². The van der Waals surface area contributed by atoms with E-state index < -0.39 is 5.54 Å². The van der Waals surface area contributed by atoms with Crippen molar-refractivity contribution in [1.82, 2.24) is 0 Å². The van der Waals surface area contributed by atoms with Crippen LogP contribution in [0.5, 0.6) is 0 Å². The molecular formula is C13H17BrN2O. The lowest BCUT2D eigenvalue weighted by atomic mass is 9.77. The third-order valence-electron chi connectivity index (χ3n) is 3.39. The van der Waals surface area contributed by atoms with E-state index in [9.17, 15) is 4.79 Å². The molecule has 3 N–H and O–H groups in total.